The van der Waals surface area contributed by atoms with E-state index in [9.17, 15) is 0 Å². The number of aliphatic imine (C=N–C) groups is 1. The summed E-state index contributed by atoms with van der Waals surface area (Å²) >= 11 is 0. The Morgan fingerprint density at radius 2 is 2.06 bits per heavy atom. The van der Waals surface area contributed by atoms with Crippen molar-refractivity contribution >= 4 is 5.96 Å². The van der Waals surface area contributed by atoms with Crippen LogP contribution in [0.5, 0.6) is 0 Å². The Bertz CT molecular complexity index is 319. The van der Waals surface area contributed by atoms with Gasteiger partial charge in [-0.3, -0.25) is 4.99 Å². The lowest BCUT2D eigenvalue weighted by Gasteiger charge is -2.09. The summed E-state index contributed by atoms with van der Waals surface area (Å²) in [6, 6.07) is 10.4. The second kappa shape index (κ2) is 6.88. The van der Waals surface area contributed by atoms with Crippen LogP contribution in [0.2, 0.25) is 0 Å². The van der Waals surface area contributed by atoms with Crippen LogP contribution in [0.4, 0.5) is 0 Å². The molecule has 88 valence electrons. The molecule has 1 aromatic rings. The highest BCUT2D eigenvalue weighted by atomic mass is 15.1. The predicted molar refractivity (Wildman–Crippen MR) is 69.6 cm³/mol. The molecule has 0 radical (unpaired) electrons. The molecular weight excluding hydrogens is 198 g/mol. The van der Waals surface area contributed by atoms with E-state index < -0.39 is 0 Å². The zero-order chi connectivity index (χ0) is 11.8. The van der Waals surface area contributed by atoms with Crippen molar-refractivity contribution in [2.75, 3.05) is 13.1 Å². The molecule has 0 aliphatic heterocycles. The fourth-order valence-corrected chi connectivity index (χ4v) is 1.43. The fourth-order valence-electron chi connectivity index (χ4n) is 1.43. The second-order valence-corrected chi connectivity index (χ2v) is 3.96. The molecule has 1 aromatic carbocycles. The van der Waals surface area contributed by atoms with E-state index in [1.54, 1.807) is 0 Å². The van der Waals surface area contributed by atoms with Gasteiger partial charge in [-0.1, -0.05) is 44.2 Å². The molecule has 0 aliphatic rings. The van der Waals surface area contributed by atoms with Crippen molar-refractivity contribution in [3.63, 3.8) is 0 Å². The maximum atomic E-state index is 5.73. The first-order chi connectivity index (χ1) is 7.74. The molecular formula is C13H21N3. The minimum atomic E-state index is 0.406. The molecule has 0 bridgehead atoms. The van der Waals surface area contributed by atoms with Gasteiger partial charge in [0.2, 0.25) is 0 Å². The van der Waals surface area contributed by atoms with E-state index in [-0.39, 0.29) is 0 Å². The smallest absolute Gasteiger partial charge is 0.188 e. The Kier molecular flexibility index (Phi) is 5.40. The normalized spacial score (nSPS) is 13.5. The molecule has 0 saturated carbocycles. The number of nitrogens with one attached hydrogen (secondary N) is 1. The molecule has 0 heterocycles. The fraction of sp³-hybridized carbons (Fsp3) is 0.462. The summed E-state index contributed by atoms with van der Waals surface area (Å²) in [5.74, 6) is 0.952. The second-order valence-electron chi connectivity index (χ2n) is 3.96. The monoisotopic (exact) mass is 219 g/mol. The minimum Gasteiger partial charge on any atom is -0.370 e. The van der Waals surface area contributed by atoms with Gasteiger partial charge in [0.15, 0.2) is 5.96 Å². The maximum Gasteiger partial charge on any atom is 0.188 e. The molecule has 1 rings (SSSR count). The van der Waals surface area contributed by atoms with E-state index >= 15 is 0 Å². The minimum absolute atomic E-state index is 0.406. The SMILES string of the molecule is CCCNC(N)=NCC(C)c1ccccc1. The Labute approximate surface area is 97.8 Å². The van der Waals surface area contributed by atoms with Gasteiger partial charge in [0.05, 0.1) is 0 Å². The lowest BCUT2D eigenvalue weighted by molar-refractivity contribution is 0.760. The van der Waals surface area contributed by atoms with Crippen molar-refractivity contribution in [2.24, 2.45) is 10.7 Å². The van der Waals surface area contributed by atoms with Crippen LogP contribution in [0.3, 0.4) is 0 Å². The topological polar surface area (TPSA) is 50.4 Å². The standard InChI is InChI=1S/C13H21N3/c1-3-9-15-13(14)16-10-11(2)12-7-5-4-6-8-12/h4-8,11H,3,9-10H2,1-2H3,(H3,14,15,16). The molecule has 0 aromatic heterocycles. The van der Waals surface area contributed by atoms with Gasteiger partial charge in [0, 0.05) is 19.0 Å². The zero-order valence-corrected chi connectivity index (χ0v) is 10.1. The van der Waals surface area contributed by atoms with Crippen molar-refractivity contribution < 1.29 is 0 Å². The highest BCUT2D eigenvalue weighted by Gasteiger charge is 2.03. The van der Waals surface area contributed by atoms with Gasteiger partial charge in [-0.2, -0.15) is 0 Å². The number of benzene rings is 1. The van der Waals surface area contributed by atoms with E-state index in [2.05, 4.69) is 36.3 Å². The first-order valence-electron chi connectivity index (χ1n) is 5.82. The molecule has 1 atom stereocenters. The Morgan fingerprint density at radius 1 is 1.38 bits per heavy atom. The lowest BCUT2D eigenvalue weighted by Crippen LogP contribution is -2.32. The molecule has 16 heavy (non-hydrogen) atoms. The van der Waals surface area contributed by atoms with Gasteiger partial charge >= 0.3 is 0 Å². The molecule has 0 fully saturated rings. The molecule has 0 aliphatic carbocycles. The van der Waals surface area contributed by atoms with E-state index in [1.807, 2.05) is 18.2 Å². The lowest BCUT2D eigenvalue weighted by atomic mass is 10.0. The van der Waals surface area contributed by atoms with Crippen LogP contribution in [-0.4, -0.2) is 19.0 Å². The highest BCUT2D eigenvalue weighted by molar-refractivity contribution is 5.77. The third-order valence-electron chi connectivity index (χ3n) is 2.46. The number of rotatable bonds is 5. The van der Waals surface area contributed by atoms with Crippen molar-refractivity contribution in [1.82, 2.24) is 5.32 Å². The summed E-state index contributed by atoms with van der Waals surface area (Å²) in [5.41, 5.74) is 7.03. The molecule has 0 amide bonds. The third-order valence-corrected chi connectivity index (χ3v) is 2.46. The van der Waals surface area contributed by atoms with Crippen LogP contribution in [0.25, 0.3) is 0 Å². The number of hydrogen-bond donors (Lipinski definition) is 2. The Morgan fingerprint density at radius 3 is 2.69 bits per heavy atom. The number of hydrogen-bond acceptors (Lipinski definition) is 1. The van der Waals surface area contributed by atoms with Crippen molar-refractivity contribution in [1.29, 1.82) is 0 Å². The van der Waals surface area contributed by atoms with Crippen molar-refractivity contribution in [3.05, 3.63) is 35.9 Å². The molecule has 3 heteroatoms. The molecule has 3 nitrogen and oxygen atoms in total. The number of nitrogens with zero attached hydrogens (tertiary/aromatic N) is 1. The largest absolute Gasteiger partial charge is 0.370 e. The maximum absolute atomic E-state index is 5.73. The van der Waals surface area contributed by atoms with Crippen LogP contribution in [0, 0.1) is 0 Å². The van der Waals surface area contributed by atoms with E-state index in [4.69, 9.17) is 5.73 Å². The first-order valence-corrected chi connectivity index (χ1v) is 5.82. The summed E-state index contributed by atoms with van der Waals surface area (Å²) in [5, 5.41) is 3.07. The zero-order valence-electron chi connectivity index (χ0n) is 10.1. The first kappa shape index (κ1) is 12.6. The predicted octanol–water partition coefficient (Wildman–Crippen LogP) is 2.10. The summed E-state index contributed by atoms with van der Waals surface area (Å²) in [6.45, 7) is 5.88. The number of nitrogens with two attached hydrogens (primary N) is 1. The van der Waals surface area contributed by atoms with Gasteiger partial charge in [-0.15, -0.1) is 0 Å². The summed E-state index contributed by atoms with van der Waals surface area (Å²) in [4.78, 5) is 4.32. The van der Waals surface area contributed by atoms with Crippen LogP contribution in [-0.2, 0) is 0 Å². The molecule has 0 saturated heterocycles. The van der Waals surface area contributed by atoms with Crippen LogP contribution >= 0.6 is 0 Å². The average molecular weight is 219 g/mol. The highest BCUT2D eigenvalue weighted by Crippen LogP contribution is 2.14. The van der Waals surface area contributed by atoms with Crippen LogP contribution in [0.1, 0.15) is 31.7 Å². The Balaban J connectivity index is 2.43. The molecule has 0 spiro atoms. The quantitative estimate of drug-likeness (QED) is 0.588. The van der Waals surface area contributed by atoms with Gasteiger partial charge in [-0.05, 0) is 12.0 Å². The van der Waals surface area contributed by atoms with Crippen molar-refractivity contribution in [3.8, 4) is 0 Å². The summed E-state index contributed by atoms with van der Waals surface area (Å²) < 4.78 is 0. The average Bonchev–Trinajstić information content (AvgIpc) is 2.34. The van der Waals surface area contributed by atoms with E-state index in [1.165, 1.54) is 5.56 Å². The third kappa shape index (κ3) is 4.34. The van der Waals surface area contributed by atoms with Gasteiger partial charge < -0.3 is 11.1 Å². The van der Waals surface area contributed by atoms with Crippen molar-refractivity contribution in [2.45, 2.75) is 26.2 Å². The van der Waals surface area contributed by atoms with Gasteiger partial charge in [0.1, 0.15) is 0 Å². The molecule has 3 N–H and O–H groups in total. The van der Waals surface area contributed by atoms with Gasteiger partial charge in [-0.25, -0.2) is 0 Å². The van der Waals surface area contributed by atoms with Gasteiger partial charge in [0.25, 0.3) is 0 Å². The van der Waals surface area contributed by atoms with E-state index in [0.29, 0.717) is 11.9 Å². The summed E-state index contributed by atoms with van der Waals surface area (Å²) in [7, 11) is 0. The molecule has 1 unspecified atom stereocenters. The van der Waals surface area contributed by atoms with E-state index in [0.717, 1.165) is 19.5 Å². The van der Waals surface area contributed by atoms with Crippen LogP contribution < -0.4 is 11.1 Å². The summed E-state index contributed by atoms with van der Waals surface area (Å²) in [6.07, 6.45) is 1.06. The van der Waals surface area contributed by atoms with Crippen LogP contribution in [0.15, 0.2) is 35.3 Å². The Hall–Kier alpha value is -1.51. The number of guanidine groups is 1.